The number of ketones is 1. The summed E-state index contributed by atoms with van der Waals surface area (Å²) < 4.78 is 13.7. The van der Waals surface area contributed by atoms with E-state index in [1.807, 2.05) is 24.3 Å². The van der Waals surface area contributed by atoms with E-state index in [1.54, 1.807) is 12.1 Å². The van der Waals surface area contributed by atoms with Crippen LogP contribution in [0, 0.1) is 5.82 Å². The minimum atomic E-state index is -0.279. The molecule has 0 aliphatic carbocycles. The number of halogens is 2. The molecule has 0 unspecified atom stereocenters. The number of carbonyl (C=O) groups is 1. The minimum absolute atomic E-state index is 0.125. The summed E-state index contributed by atoms with van der Waals surface area (Å²) in [6, 6.07) is 13.7. The second kappa shape index (κ2) is 5.91. The summed E-state index contributed by atoms with van der Waals surface area (Å²) in [6.07, 6.45) is 0.740. The van der Waals surface area contributed by atoms with E-state index in [9.17, 15) is 9.18 Å². The standard InChI is InChI=1S/C15H12BrFO/c16-13-3-1-2-12(8-13)10-15(18)9-11-4-6-14(17)7-5-11/h1-8H,9-10H2. The van der Waals surface area contributed by atoms with Gasteiger partial charge in [-0.05, 0) is 35.4 Å². The fourth-order valence-corrected chi connectivity index (χ4v) is 2.21. The lowest BCUT2D eigenvalue weighted by Gasteiger charge is -2.02. The molecule has 0 N–H and O–H groups in total. The van der Waals surface area contributed by atoms with E-state index >= 15 is 0 Å². The van der Waals surface area contributed by atoms with Gasteiger partial charge in [-0.25, -0.2) is 4.39 Å². The Morgan fingerprint density at radius 3 is 2.33 bits per heavy atom. The quantitative estimate of drug-likeness (QED) is 0.836. The summed E-state index contributed by atoms with van der Waals surface area (Å²) in [5, 5.41) is 0. The summed E-state index contributed by atoms with van der Waals surface area (Å²) >= 11 is 3.37. The normalized spacial score (nSPS) is 10.3. The minimum Gasteiger partial charge on any atom is -0.299 e. The van der Waals surface area contributed by atoms with Gasteiger partial charge in [0.05, 0.1) is 0 Å². The van der Waals surface area contributed by atoms with Crippen LogP contribution in [0.15, 0.2) is 53.0 Å². The van der Waals surface area contributed by atoms with Crippen LogP contribution in [-0.2, 0) is 17.6 Å². The van der Waals surface area contributed by atoms with Crippen molar-refractivity contribution in [1.29, 1.82) is 0 Å². The Kier molecular flexibility index (Phi) is 4.26. The highest BCUT2D eigenvalue weighted by molar-refractivity contribution is 9.10. The molecular weight excluding hydrogens is 295 g/mol. The lowest BCUT2D eigenvalue weighted by Crippen LogP contribution is -2.06. The molecule has 0 saturated heterocycles. The predicted molar refractivity (Wildman–Crippen MR) is 73.0 cm³/mol. The smallest absolute Gasteiger partial charge is 0.141 e. The molecule has 92 valence electrons. The van der Waals surface area contributed by atoms with Crippen molar-refractivity contribution < 1.29 is 9.18 Å². The van der Waals surface area contributed by atoms with E-state index in [0.717, 1.165) is 15.6 Å². The van der Waals surface area contributed by atoms with Crippen LogP contribution in [0.4, 0.5) is 4.39 Å². The van der Waals surface area contributed by atoms with Crippen molar-refractivity contribution in [2.24, 2.45) is 0 Å². The van der Waals surface area contributed by atoms with Crippen molar-refractivity contribution in [2.75, 3.05) is 0 Å². The van der Waals surface area contributed by atoms with Crippen LogP contribution in [0.3, 0.4) is 0 Å². The van der Waals surface area contributed by atoms with Gasteiger partial charge in [0.2, 0.25) is 0 Å². The molecule has 0 bridgehead atoms. The van der Waals surface area contributed by atoms with Gasteiger partial charge in [0.15, 0.2) is 0 Å². The molecule has 18 heavy (non-hydrogen) atoms. The summed E-state index contributed by atoms with van der Waals surface area (Å²) in [5.74, 6) is -0.155. The first-order chi connectivity index (χ1) is 8.63. The fourth-order valence-electron chi connectivity index (χ4n) is 1.77. The Bertz CT molecular complexity index is 549. The third-order valence-electron chi connectivity index (χ3n) is 2.60. The molecule has 0 aliphatic heterocycles. The van der Waals surface area contributed by atoms with Gasteiger partial charge in [-0.1, -0.05) is 40.2 Å². The Morgan fingerprint density at radius 2 is 1.67 bits per heavy atom. The molecule has 3 heteroatoms. The Morgan fingerprint density at radius 1 is 1.00 bits per heavy atom. The number of hydrogen-bond acceptors (Lipinski definition) is 1. The van der Waals surface area contributed by atoms with Crippen molar-refractivity contribution in [3.63, 3.8) is 0 Å². The van der Waals surface area contributed by atoms with Crippen molar-refractivity contribution in [1.82, 2.24) is 0 Å². The maximum Gasteiger partial charge on any atom is 0.141 e. The van der Waals surface area contributed by atoms with Gasteiger partial charge in [0.1, 0.15) is 11.6 Å². The van der Waals surface area contributed by atoms with E-state index in [1.165, 1.54) is 12.1 Å². The summed E-state index contributed by atoms with van der Waals surface area (Å²) in [6.45, 7) is 0. The molecule has 0 amide bonds. The fraction of sp³-hybridized carbons (Fsp3) is 0.133. The lowest BCUT2D eigenvalue weighted by atomic mass is 10.0. The van der Waals surface area contributed by atoms with E-state index in [2.05, 4.69) is 15.9 Å². The number of benzene rings is 2. The van der Waals surface area contributed by atoms with Crippen LogP contribution < -0.4 is 0 Å². The first-order valence-electron chi connectivity index (χ1n) is 5.64. The zero-order valence-electron chi connectivity index (χ0n) is 9.70. The van der Waals surface area contributed by atoms with Crippen LogP contribution in [0.25, 0.3) is 0 Å². The van der Waals surface area contributed by atoms with E-state index in [4.69, 9.17) is 0 Å². The van der Waals surface area contributed by atoms with E-state index in [0.29, 0.717) is 12.8 Å². The number of hydrogen-bond donors (Lipinski definition) is 0. The molecule has 0 atom stereocenters. The average Bonchev–Trinajstić information content (AvgIpc) is 2.32. The largest absolute Gasteiger partial charge is 0.299 e. The van der Waals surface area contributed by atoms with E-state index < -0.39 is 0 Å². The highest BCUT2D eigenvalue weighted by atomic mass is 79.9. The summed E-state index contributed by atoms with van der Waals surface area (Å²) in [5.41, 5.74) is 1.83. The highest BCUT2D eigenvalue weighted by Crippen LogP contribution is 2.13. The molecule has 0 radical (unpaired) electrons. The van der Waals surface area contributed by atoms with Gasteiger partial charge in [-0.3, -0.25) is 4.79 Å². The molecule has 2 rings (SSSR count). The summed E-state index contributed by atoms with van der Waals surface area (Å²) in [7, 11) is 0. The molecule has 0 fully saturated rings. The third-order valence-corrected chi connectivity index (χ3v) is 3.10. The van der Waals surface area contributed by atoms with Crippen molar-refractivity contribution in [3.05, 3.63) is 69.9 Å². The van der Waals surface area contributed by atoms with Crippen LogP contribution in [-0.4, -0.2) is 5.78 Å². The maximum atomic E-state index is 12.7. The van der Waals surface area contributed by atoms with Crippen LogP contribution in [0.1, 0.15) is 11.1 Å². The van der Waals surface area contributed by atoms with Crippen molar-refractivity contribution in [3.8, 4) is 0 Å². The first kappa shape index (κ1) is 13.0. The Balaban J connectivity index is 1.98. The lowest BCUT2D eigenvalue weighted by molar-refractivity contribution is -0.117. The molecule has 2 aromatic carbocycles. The van der Waals surface area contributed by atoms with Gasteiger partial charge in [0.25, 0.3) is 0 Å². The molecule has 2 aromatic rings. The predicted octanol–water partition coefficient (Wildman–Crippen LogP) is 3.94. The second-order valence-electron chi connectivity index (χ2n) is 4.15. The van der Waals surface area contributed by atoms with Crippen LogP contribution >= 0.6 is 15.9 Å². The highest BCUT2D eigenvalue weighted by Gasteiger charge is 2.05. The summed E-state index contributed by atoms with van der Waals surface area (Å²) in [4.78, 5) is 11.9. The third kappa shape index (κ3) is 3.77. The maximum absolute atomic E-state index is 12.7. The van der Waals surface area contributed by atoms with Crippen molar-refractivity contribution in [2.45, 2.75) is 12.8 Å². The molecule has 1 nitrogen and oxygen atoms in total. The van der Waals surface area contributed by atoms with Crippen molar-refractivity contribution >= 4 is 21.7 Å². The molecule has 0 saturated carbocycles. The zero-order valence-corrected chi connectivity index (χ0v) is 11.3. The van der Waals surface area contributed by atoms with Gasteiger partial charge < -0.3 is 0 Å². The number of rotatable bonds is 4. The SMILES string of the molecule is O=C(Cc1ccc(F)cc1)Cc1cccc(Br)c1. The van der Waals surface area contributed by atoms with Gasteiger partial charge in [-0.15, -0.1) is 0 Å². The second-order valence-corrected chi connectivity index (χ2v) is 5.06. The topological polar surface area (TPSA) is 17.1 Å². The number of carbonyl (C=O) groups excluding carboxylic acids is 1. The Hall–Kier alpha value is -1.48. The van der Waals surface area contributed by atoms with Gasteiger partial charge >= 0.3 is 0 Å². The molecule has 0 spiro atoms. The zero-order chi connectivity index (χ0) is 13.0. The molecular formula is C15H12BrFO. The average molecular weight is 307 g/mol. The first-order valence-corrected chi connectivity index (χ1v) is 6.43. The molecule has 0 aromatic heterocycles. The molecule has 0 aliphatic rings. The van der Waals surface area contributed by atoms with Crippen LogP contribution in [0.2, 0.25) is 0 Å². The van der Waals surface area contributed by atoms with Crippen LogP contribution in [0.5, 0.6) is 0 Å². The molecule has 0 heterocycles. The van der Waals surface area contributed by atoms with Gasteiger partial charge in [-0.2, -0.15) is 0 Å². The van der Waals surface area contributed by atoms with Gasteiger partial charge in [0, 0.05) is 17.3 Å². The number of Topliss-reactive ketones (excluding diaryl/α,β-unsaturated/α-hetero) is 1. The monoisotopic (exact) mass is 306 g/mol. The van der Waals surface area contributed by atoms with E-state index in [-0.39, 0.29) is 11.6 Å². The Labute approximate surface area is 114 Å².